The summed E-state index contributed by atoms with van der Waals surface area (Å²) < 4.78 is 13.6. The van der Waals surface area contributed by atoms with Crippen molar-refractivity contribution in [2.75, 3.05) is 17.2 Å². The number of halogens is 1. The van der Waals surface area contributed by atoms with E-state index in [0.717, 1.165) is 11.3 Å². The van der Waals surface area contributed by atoms with E-state index in [0.29, 0.717) is 12.1 Å². The first-order valence-electron chi connectivity index (χ1n) is 5.24. The summed E-state index contributed by atoms with van der Waals surface area (Å²) in [7, 11) is 0. The summed E-state index contributed by atoms with van der Waals surface area (Å²) in [6.07, 6.45) is 0.316. The molecule has 2 rings (SSSR count). The minimum Gasteiger partial charge on any atom is -0.399 e. The Morgan fingerprint density at radius 1 is 1.50 bits per heavy atom. The molecule has 0 aromatic heterocycles. The van der Waals surface area contributed by atoms with Gasteiger partial charge in [0.1, 0.15) is 5.67 Å². The minimum absolute atomic E-state index is 0.0636. The molecule has 0 aliphatic carbocycles. The molecule has 0 unspecified atom stereocenters. The van der Waals surface area contributed by atoms with Crippen molar-refractivity contribution in [3.05, 3.63) is 23.8 Å². The summed E-state index contributed by atoms with van der Waals surface area (Å²) in [5, 5.41) is 0. The number of nitrogens with zero attached hydrogens (tertiary/aromatic N) is 1. The van der Waals surface area contributed by atoms with Crippen LogP contribution in [0.4, 0.5) is 15.8 Å². The normalized spacial score (nSPS) is 15.4. The SMILES string of the molecule is CC(C)(F)CN1C(=O)Cc2cc(N)ccc21. The molecule has 16 heavy (non-hydrogen) atoms. The Labute approximate surface area is 94.0 Å². The Balaban J connectivity index is 2.33. The van der Waals surface area contributed by atoms with Gasteiger partial charge in [0.2, 0.25) is 5.91 Å². The van der Waals surface area contributed by atoms with Gasteiger partial charge in [-0.15, -0.1) is 0 Å². The number of hydrogen-bond acceptors (Lipinski definition) is 2. The van der Waals surface area contributed by atoms with Crippen molar-refractivity contribution in [3.8, 4) is 0 Å². The quantitative estimate of drug-likeness (QED) is 0.777. The van der Waals surface area contributed by atoms with Crippen molar-refractivity contribution < 1.29 is 9.18 Å². The molecule has 1 aliphatic rings. The van der Waals surface area contributed by atoms with E-state index in [9.17, 15) is 9.18 Å². The van der Waals surface area contributed by atoms with Gasteiger partial charge in [-0.2, -0.15) is 0 Å². The van der Waals surface area contributed by atoms with Crippen LogP contribution in [0, 0.1) is 0 Å². The van der Waals surface area contributed by atoms with Crippen LogP contribution in [0.25, 0.3) is 0 Å². The maximum atomic E-state index is 13.6. The molecule has 1 amide bonds. The molecule has 1 aromatic rings. The second-order valence-electron chi connectivity index (χ2n) is 4.76. The minimum atomic E-state index is -1.39. The van der Waals surface area contributed by atoms with E-state index < -0.39 is 5.67 Å². The molecule has 2 N–H and O–H groups in total. The van der Waals surface area contributed by atoms with Crippen LogP contribution < -0.4 is 10.6 Å². The van der Waals surface area contributed by atoms with Crippen molar-refractivity contribution in [3.63, 3.8) is 0 Å². The van der Waals surface area contributed by atoms with Crippen LogP contribution in [0.3, 0.4) is 0 Å². The number of carbonyl (C=O) groups excluding carboxylic acids is 1. The maximum Gasteiger partial charge on any atom is 0.231 e. The Kier molecular flexibility index (Phi) is 2.37. The van der Waals surface area contributed by atoms with Crippen LogP contribution in [0.15, 0.2) is 18.2 Å². The Morgan fingerprint density at radius 3 is 2.81 bits per heavy atom. The van der Waals surface area contributed by atoms with Crippen LogP contribution >= 0.6 is 0 Å². The van der Waals surface area contributed by atoms with Crippen LogP contribution in [0.2, 0.25) is 0 Å². The van der Waals surface area contributed by atoms with Crippen molar-refractivity contribution in [1.29, 1.82) is 0 Å². The molecular weight excluding hydrogens is 207 g/mol. The number of nitrogens with two attached hydrogens (primary N) is 1. The van der Waals surface area contributed by atoms with Gasteiger partial charge in [0.05, 0.1) is 13.0 Å². The van der Waals surface area contributed by atoms with E-state index in [-0.39, 0.29) is 12.5 Å². The lowest BCUT2D eigenvalue weighted by Gasteiger charge is -2.24. The number of benzene rings is 1. The Bertz CT molecular complexity index is 437. The number of carbonyl (C=O) groups is 1. The van der Waals surface area contributed by atoms with Gasteiger partial charge in [0.15, 0.2) is 0 Å². The van der Waals surface area contributed by atoms with Crippen LogP contribution in [-0.2, 0) is 11.2 Å². The fourth-order valence-electron chi connectivity index (χ4n) is 1.95. The molecule has 4 heteroatoms. The summed E-state index contributed by atoms with van der Waals surface area (Å²) in [6, 6.07) is 5.29. The molecule has 0 bridgehead atoms. The van der Waals surface area contributed by atoms with Gasteiger partial charge in [0.25, 0.3) is 0 Å². The number of hydrogen-bond donors (Lipinski definition) is 1. The molecular formula is C12H15FN2O. The smallest absolute Gasteiger partial charge is 0.231 e. The maximum absolute atomic E-state index is 13.6. The zero-order valence-corrected chi connectivity index (χ0v) is 9.46. The van der Waals surface area contributed by atoms with E-state index >= 15 is 0 Å². The number of fused-ring (bicyclic) bond motifs is 1. The average molecular weight is 222 g/mol. The van der Waals surface area contributed by atoms with Crippen LogP contribution in [0.1, 0.15) is 19.4 Å². The fourth-order valence-corrected chi connectivity index (χ4v) is 1.95. The van der Waals surface area contributed by atoms with E-state index in [1.165, 1.54) is 18.7 Å². The second kappa shape index (κ2) is 3.47. The summed E-state index contributed by atoms with van der Waals surface area (Å²) in [5.41, 5.74) is 6.55. The number of rotatable bonds is 2. The molecule has 3 nitrogen and oxygen atoms in total. The first-order valence-corrected chi connectivity index (χ1v) is 5.24. The highest BCUT2D eigenvalue weighted by atomic mass is 19.1. The predicted octanol–water partition coefficient (Wildman–Crippen LogP) is 1.91. The Morgan fingerprint density at radius 2 is 2.19 bits per heavy atom. The van der Waals surface area contributed by atoms with E-state index in [2.05, 4.69) is 0 Å². The molecule has 0 fully saturated rings. The second-order valence-corrected chi connectivity index (χ2v) is 4.76. The van der Waals surface area contributed by atoms with Gasteiger partial charge in [-0.05, 0) is 37.6 Å². The molecule has 0 radical (unpaired) electrons. The third kappa shape index (κ3) is 2.01. The lowest BCUT2D eigenvalue weighted by molar-refractivity contribution is -0.117. The van der Waals surface area contributed by atoms with Gasteiger partial charge < -0.3 is 10.6 Å². The molecule has 0 atom stereocenters. The van der Waals surface area contributed by atoms with Gasteiger partial charge in [-0.25, -0.2) is 4.39 Å². The highest BCUT2D eigenvalue weighted by Gasteiger charge is 2.31. The molecule has 86 valence electrons. The lowest BCUT2D eigenvalue weighted by Crippen LogP contribution is -2.37. The highest BCUT2D eigenvalue weighted by Crippen LogP contribution is 2.31. The molecule has 0 spiro atoms. The zero-order valence-electron chi connectivity index (χ0n) is 9.46. The predicted molar refractivity (Wildman–Crippen MR) is 62.1 cm³/mol. The van der Waals surface area contributed by atoms with Gasteiger partial charge in [-0.1, -0.05) is 0 Å². The van der Waals surface area contributed by atoms with Crippen molar-refractivity contribution in [2.45, 2.75) is 25.9 Å². The monoisotopic (exact) mass is 222 g/mol. The fraction of sp³-hybridized carbons (Fsp3) is 0.417. The molecule has 1 aromatic carbocycles. The molecule has 1 aliphatic heterocycles. The van der Waals surface area contributed by atoms with E-state index in [1.54, 1.807) is 18.2 Å². The van der Waals surface area contributed by atoms with Gasteiger partial charge in [0, 0.05) is 11.4 Å². The first kappa shape index (κ1) is 10.9. The molecule has 1 heterocycles. The number of alkyl halides is 1. The zero-order chi connectivity index (χ0) is 11.9. The van der Waals surface area contributed by atoms with Crippen molar-refractivity contribution >= 4 is 17.3 Å². The van der Waals surface area contributed by atoms with Crippen LogP contribution in [0.5, 0.6) is 0 Å². The molecule has 0 saturated heterocycles. The largest absolute Gasteiger partial charge is 0.399 e. The first-order chi connectivity index (χ1) is 7.37. The van der Waals surface area contributed by atoms with E-state index in [1.807, 2.05) is 0 Å². The standard InChI is InChI=1S/C12H15FN2O/c1-12(2,13)7-15-10-4-3-9(14)5-8(10)6-11(15)16/h3-5H,6-7,14H2,1-2H3. The number of amides is 1. The number of anilines is 2. The summed E-state index contributed by atoms with van der Waals surface area (Å²) in [5.74, 6) is -0.0636. The topological polar surface area (TPSA) is 46.3 Å². The Hall–Kier alpha value is -1.58. The lowest BCUT2D eigenvalue weighted by atomic mass is 10.1. The summed E-state index contributed by atoms with van der Waals surface area (Å²) in [4.78, 5) is 13.2. The van der Waals surface area contributed by atoms with Gasteiger partial charge >= 0.3 is 0 Å². The number of nitrogen functional groups attached to an aromatic ring is 1. The molecule has 0 saturated carbocycles. The summed E-state index contributed by atoms with van der Waals surface area (Å²) in [6.45, 7) is 3.02. The van der Waals surface area contributed by atoms with Crippen molar-refractivity contribution in [1.82, 2.24) is 0 Å². The van der Waals surface area contributed by atoms with Crippen molar-refractivity contribution in [2.24, 2.45) is 0 Å². The summed E-state index contributed by atoms with van der Waals surface area (Å²) >= 11 is 0. The van der Waals surface area contributed by atoms with E-state index in [4.69, 9.17) is 5.73 Å². The average Bonchev–Trinajstić information content (AvgIpc) is 2.40. The highest BCUT2D eigenvalue weighted by molar-refractivity contribution is 6.01. The van der Waals surface area contributed by atoms with Crippen LogP contribution in [-0.4, -0.2) is 18.1 Å². The third-order valence-corrected chi connectivity index (χ3v) is 2.57. The third-order valence-electron chi connectivity index (χ3n) is 2.57. The van der Waals surface area contributed by atoms with Gasteiger partial charge in [-0.3, -0.25) is 4.79 Å².